The van der Waals surface area contributed by atoms with Crippen molar-refractivity contribution in [1.29, 1.82) is 0 Å². The van der Waals surface area contributed by atoms with E-state index in [9.17, 15) is 0 Å². The molecule has 0 spiro atoms. The van der Waals surface area contributed by atoms with Crippen molar-refractivity contribution in [2.75, 3.05) is 0 Å². The first-order chi connectivity index (χ1) is 17.4. The smallest absolute Gasteiger partial charge is 0.000793 e. The monoisotopic (exact) mass is 484 g/mol. The molecule has 0 aliphatic carbocycles. The van der Waals surface area contributed by atoms with Crippen LogP contribution in [0.5, 0.6) is 0 Å². The van der Waals surface area contributed by atoms with Crippen LogP contribution in [0.3, 0.4) is 0 Å². The lowest BCUT2D eigenvalue weighted by atomic mass is 9.73. The molecule has 6 rings (SSSR count). The van der Waals surface area contributed by atoms with Crippen LogP contribution in [0.15, 0.2) is 6.58 Å². The number of rotatable bonds is 2. The number of hydrogen-bond acceptors (Lipinski definition) is 0. The molecule has 0 aliphatic rings. The zero-order chi connectivity index (χ0) is 27.0. The highest BCUT2D eigenvalue weighted by molar-refractivity contribution is 6.43. The van der Waals surface area contributed by atoms with Crippen molar-refractivity contribution in [2.24, 2.45) is 0 Å². The van der Waals surface area contributed by atoms with Crippen molar-refractivity contribution < 1.29 is 0 Å². The van der Waals surface area contributed by atoms with E-state index in [-0.39, 0.29) is 0 Å². The fourth-order valence-electron chi connectivity index (χ4n) is 8.19. The molecule has 0 fully saturated rings. The van der Waals surface area contributed by atoms with Gasteiger partial charge in [0.15, 0.2) is 0 Å². The van der Waals surface area contributed by atoms with Gasteiger partial charge in [0.2, 0.25) is 0 Å². The summed E-state index contributed by atoms with van der Waals surface area (Å²) in [5, 5.41) is 14.8. The van der Waals surface area contributed by atoms with E-state index < -0.39 is 0 Å². The lowest BCUT2D eigenvalue weighted by Gasteiger charge is -2.30. The second kappa shape index (κ2) is 7.47. The predicted molar refractivity (Wildman–Crippen MR) is 168 cm³/mol. The molecule has 0 amide bonds. The van der Waals surface area contributed by atoms with E-state index in [0.717, 1.165) is 6.42 Å². The van der Waals surface area contributed by atoms with Crippen molar-refractivity contribution in [3.05, 3.63) is 73.3 Å². The molecule has 0 saturated carbocycles. The molecular weight excluding hydrogens is 444 g/mol. The maximum absolute atomic E-state index is 4.56. The molecule has 0 heterocycles. The lowest BCUT2D eigenvalue weighted by Crippen LogP contribution is -2.07. The van der Waals surface area contributed by atoms with Crippen LogP contribution in [0.1, 0.15) is 80.6 Å². The van der Waals surface area contributed by atoms with Gasteiger partial charge in [0.25, 0.3) is 0 Å². The van der Waals surface area contributed by atoms with E-state index in [1.54, 1.807) is 0 Å². The number of hydrogen-bond donors (Lipinski definition) is 0. The summed E-state index contributed by atoms with van der Waals surface area (Å²) in [5.41, 5.74) is 18.4. The van der Waals surface area contributed by atoms with Gasteiger partial charge in [-0.15, -0.1) is 0 Å². The number of fused-ring (bicyclic) bond motifs is 1. The van der Waals surface area contributed by atoms with Crippen molar-refractivity contribution in [3.8, 4) is 0 Å². The molecule has 0 nitrogen and oxygen atoms in total. The van der Waals surface area contributed by atoms with Crippen molar-refractivity contribution in [3.63, 3.8) is 0 Å². The minimum Gasteiger partial charge on any atom is -0.0955 e. The van der Waals surface area contributed by atoms with E-state index in [0.29, 0.717) is 0 Å². The highest BCUT2D eigenvalue weighted by atomic mass is 14.3. The van der Waals surface area contributed by atoms with Crippen LogP contribution < -0.4 is 0 Å². The molecule has 0 unspecified atom stereocenters. The fraction of sp³-hybridized carbons (Fsp3) is 0.351. The van der Waals surface area contributed by atoms with Crippen LogP contribution in [0.25, 0.3) is 59.4 Å². The molecule has 188 valence electrons. The zero-order valence-electron chi connectivity index (χ0n) is 24.9. The van der Waals surface area contributed by atoms with Crippen LogP contribution in [-0.2, 0) is 6.42 Å². The first kappa shape index (κ1) is 24.2. The summed E-state index contributed by atoms with van der Waals surface area (Å²) < 4.78 is 0. The standard InChI is InChI=1S/C37H40/c1-14-26-16(4)17(5)28-20(8)21(9)30-23(11)25(13)31-24(12)22(10)29-19(7)18(6)27(15(2)3)33-32(26)34(28)36(30)37(31)35(29)33/h2,14H2,1,3-13H3. The molecule has 0 aromatic heterocycles. The Morgan fingerprint density at radius 2 is 0.703 bits per heavy atom. The molecule has 0 bridgehead atoms. The lowest BCUT2D eigenvalue weighted by molar-refractivity contribution is 1.12. The van der Waals surface area contributed by atoms with Crippen LogP contribution in [0.2, 0.25) is 0 Å². The maximum Gasteiger partial charge on any atom is -0.000793 e. The summed E-state index contributed by atoms with van der Waals surface area (Å²) >= 11 is 0. The predicted octanol–water partition coefficient (Wildman–Crippen LogP) is 11.0. The molecule has 0 radical (unpaired) electrons. The van der Waals surface area contributed by atoms with Gasteiger partial charge in [0, 0.05) is 0 Å². The summed E-state index contributed by atoms with van der Waals surface area (Å²) in [4.78, 5) is 0. The quantitative estimate of drug-likeness (QED) is 0.169. The highest BCUT2D eigenvalue weighted by Crippen LogP contribution is 2.54. The first-order valence-electron chi connectivity index (χ1n) is 13.9. The summed E-state index contributed by atoms with van der Waals surface area (Å²) in [5.74, 6) is 0. The SMILES string of the molecule is C=C(C)c1c(C)c(C)c2c(C)c(C)c3c(C)c(C)c4c(C)c(C)c5c(C)c(C)c(CC)c6c1c2c3c4c56. The van der Waals surface area contributed by atoms with Gasteiger partial charge in [0.1, 0.15) is 0 Å². The van der Waals surface area contributed by atoms with E-state index in [2.05, 4.69) is 89.7 Å². The van der Waals surface area contributed by atoms with Crippen molar-refractivity contribution in [2.45, 2.75) is 89.5 Å². The highest BCUT2D eigenvalue weighted by Gasteiger charge is 2.30. The molecular formula is C37H40. The Morgan fingerprint density at radius 1 is 0.405 bits per heavy atom. The molecule has 0 atom stereocenters. The Bertz CT molecular complexity index is 1990. The van der Waals surface area contributed by atoms with E-state index in [4.69, 9.17) is 0 Å². The zero-order valence-corrected chi connectivity index (χ0v) is 24.9. The average molecular weight is 485 g/mol. The van der Waals surface area contributed by atoms with Gasteiger partial charge < -0.3 is 0 Å². The van der Waals surface area contributed by atoms with Crippen molar-refractivity contribution in [1.82, 2.24) is 0 Å². The first-order valence-corrected chi connectivity index (χ1v) is 13.9. The Balaban J connectivity index is 2.28. The summed E-state index contributed by atoms with van der Waals surface area (Å²) in [6.45, 7) is 32.6. The summed E-state index contributed by atoms with van der Waals surface area (Å²) in [6, 6.07) is 0. The second-order valence-corrected chi connectivity index (χ2v) is 12.0. The Kier molecular flexibility index (Phi) is 4.89. The van der Waals surface area contributed by atoms with Gasteiger partial charge >= 0.3 is 0 Å². The van der Waals surface area contributed by atoms with Gasteiger partial charge in [-0.1, -0.05) is 19.1 Å². The Morgan fingerprint density at radius 3 is 1.05 bits per heavy atom. The molecule has 0 saturated heterocycles. The van der Waals surface area contributed by atoms with Crippen LogP contribution in [0, 0.1) is 69.2 Å². The van der Waals surface area contributed by atoms with E-state index in [1.807, 2.05) is 0 Å². The number of aryl methyl sites for hydroxylation is 9. The maximum atomic E-state index is 4.56. The van der Waals surface area contributed by atoms with E-state index >= 15 is 0 Å². The third kappa shape index (κ3) is 2.55. The Labute approximate surface area is 222 Å². The van der Waals surface area contributed by atoms with Crippen LogP contribution >= 0.6 is 0 Å². The van der Waals surface area contributed by atoms with Gasteiger partial charge in [-0.05, 0) is 203 Å². The number of allylic oxidation sites excluding steroid dienone is 1. The van der Waals surface area contributed by atoms with Crippen LogP contribution in [0.4, 0.5) is 0 Å². The minimum absolute atomic E-state index is 1.03. The van der Waals surface area contributed by atoms with Gasteiger partial charge in [-0.25, -0.2) is 0 Å². The van der Waals surface area contributed by atoms with Crippen LogP contribution in [-0.4, -0.2) is 0 Å². The van der Waals surface area contributed by atoms with Gasteiger partial charge in [0.05, 0.1) is 0 Å². The van der Waals surface area contributed by atoms with Crippen molar-refractivity contribution >= 4 is 59.4 Å². The third-order valence-electron chi connectivity index (χ3n) is 10.5. The largest absolute Gasteiger partial charge is 0.0955 e. The number of benzene rings is 6. The normalized spacial score (nSPS) is 12.5. The van der Waals surface area contributed by atoms with E-state index in [1.165, 1.54) is 126 Å². The third-order valence-corrected chi connectivity index (χ3v) is 10.5. The molecule has 37 heavy (non-hydrogen) atoms. The molecule has 6 aromatic rings. The molecule has 6 aromatic carbocycles. The summed E-state index contributed by atoms with van der Waals surface area (Å²) in [7, 11) is 0. The molecule has 0 heteroatoms. The van der Waals surface area contributed by atoms with Gasteiger partial charge in [-0.2, -0.15) is 0 Å². The fourth-order valence-corrected chi connectivity index (χ4v) is 8.19. The second-order valence-electron chi connectivity index (χ2n) is 12.0. The summed E-state index contributed by atoms with van der Waals surface area (Å²) in [6.07, 6.45) is 1.03. The molecule has 0 aliphatic heterocycles. The average Bonchev–Trinajstić information content (AvgIpc) is 2.84. The topological polar surface area (TPSA) is 0 Å². The van der Waals surface area contributed by atoms with Gasteiger partial charge in [-0.3, -0.25) is 0 Å². The minimum atomic E-state index is 1.03. The molecule has 0 N–H and O–H groups in total. The Hall–Kier alpha value is -3.12.